The van der Waals surface area contributed by atoms with Crippen LogP contribution in [0.15, 0.2) is 24.3 Å². The van der Waals surface area contributed by atoms with Crippen LogP contribution < -0.4 is 15.5 Å². The number of ether oxygens (including phenoxy) is 1. The fraction of sp³-hybridized carbons (Fsp3) is 0.524. The van der Waals surface area contributed by atoms with Crippen molar-refractivity contribution in [2.24, 2.45) is 0 Å². The van der Waals surface area contributed by atoms with E-state index >= 15 is 0 Å². The molecule has 2 aliphatic rings. The van der Waals surface area contributed by atoms with Crippen LogP contribution in [0.25, 0.3) is 10.9 Å². The normalized spacial score (nSPS) is 19.1. The first-order valence-electron chi connectivity index (χ1n) is 10.0. The zero-order chi connectivity index (χ0) is 19.5. The standard InChI is InChI=1S/C21H27FN4O2/c1-23-21(27)18-12-14-2-3-15(22)13-19(14)25-20(18)26-8-4-16(5-9-26)24-17-6-10-28-11-7-17/h2-3,12-13,16-17,24H,4-11H2,1H3,(H,23,27). The van der Waals surface area contributed by atoms with Crippen molar-refractivity contribution in [3.63, 3.8) is 0 Å². The van der Waals surface area contributed by atoms with Gasteiger partial charge in [-0.05, 0) is 43.9 Å². The van der Waals surface area contributed by atoms with Crippen LogP contribution in [-0.2, 0) is 4.74 Å². The average Bonchev–Trinajstić information content (AvgIpc) is 2.73. The van der Waals surface area contributed by atoms with Crippen LogP contribution in [0.1, 0.15) is 36.0 Å². The van der Waals surface area contributed by atoms with Crippen molar-refractivity contribution in [3.8, 4) is 0 Å². The van der Waals surface area contributed by atoms with Gasteiger partial charge >= 0.3 is 0 Å². The van der Waals surface area contributed by atoms with Gasteiger partial charge in [0.05, 0.1) is 11.1 Å². The molecule has 3 heterocycles. The zero-order valence-electron chi connectivity index (χ0n) is 16.2. The molecule has 2 saturated heterocycles. The molecule has 0 unspecified atom stereocenters. The number of benzene rings is 1. The number of carbonyl (C=O) groups is 1. The van der Waals surface area contributed by atoms with Crippen molar-refractivity contribution >= 4 is 22.6 Å². The lowest BCUT2D eigenvalue weighted by molar-refractivity contribution is 0.0738. The Kier molecular flexibility index (Phi) is 5.73. The third-order valence-corrected chi connectivity index (χ3v) is 5.72. The lowest BCUT2D eigenvalue weighted by atomic mass is 10.0. The first kappa shape index (κ1) is 19.1. The summed E-state index contributed by atoms with van der Waals surface area (Å²) in [6, 6.07) is 7.30. The molecule has 2 fully saturated rings. The van der Waals surface area contributed by atoms with Crippen LogP contribution in [0.4, 0.5) is 10.2 Å². The second-order valence-electron chi connectivity index (χ2n) is 7.59. The monoisotopic (exact) mass is 386 g/mol. The second kappa shape index (κ2) is 8.41. The second-order valence-corrected chi connectivity index (χ2v) is 7.59. The summed E-state index contributed by atoms with van der Waals surface area (Å²) in [6.07, 6.45) is 4.12. The van der Waals surface area contributed by atoms with Gasteiger partial charge in [0.15, 0.2) is 0 Å². The molecule has 28 heavy (non-hydrogen) atoms. The smallest absolute Gasteiger partial charge is 0.254 e. The third kappa shape index (κ3) is 4.10. The van der Waals surface area contributed by atoms with Gasteiger partial charge in [-0.1, -0.05) is 0 Å². The van der Waals surface area contributed by atoms with Gasteiger partial charge in [0.1, 0.15) is 11.6 Å². The van der Waals surface area contributed by atoms with E-state index in [0.717, 1.165) is 57.4 Å². The van der Waals surface area contributed by atoms with Crippen molar-refractivity contribution in [2.75, 3.05) is 38.3 Å². The molecule has 2 aliphatic heterocycles. The maximum Gasteiger partial charge on any atom is 0.254 e. The summed E-state index contributed by atoms with van der Waals surface area (Å²) in [4.78, 5) is 19.2. The highest BCUT2D eigenvalue weighted by Gasteiger charge is 2.26. The van der Waals surface area contributed by atoms with Crippen LogP contribution in [0.5, 0.6) is 0 Å². The van der Waals surface area contributed by atoms with E-state index in [2.05, 4.69) is 20.5 Å². The molecule has 0 aliphatic carbocycles. The minimum absolute atomic E-state index is 0.170. The van der Waals surface area contributed by atoms with E-state index in [-0.39, 0.29) is 11.7 Å². The van der Waals surface area contributed by atoms with Gasteiger partial charge in [-0.15, -0.1) is 0 Å². The minimum Gasteiger partial charge on any atom is -0.381 e. The maximum atomic E-state index is 13.7. The van der Waals surface area contributed by atoms with E-state index in [0.29, 0.717) is 29.0 Å². The molecular weight excluding hydrogens is 359 g/mol. The van der Waals surface area contributed by atoms with Crippen molar-refractivity contribution in [1.82, 2.24) is 15.6 Å². The Bertz CT molecular complexity index is 846. The Labute approximate surface area is 164 Å². The summed E-state index contributed by atoms with van der Waals surface area (Å²) in [5.41, 5.74) is 1.11. The number of fused-ring (bicyclic) bond motifs is 1. The SMILES string of the molecule is CNC(=O)c1cc2ccc(F)cc2nc1N1CCC(NC2CCOCC2)CC1. The quantitative estimate of drug-likeness (QED) is 0.845. The van der Waals surface area contributed by atoms with Crippen LogP contribution in [0.2, 0.25) is 0 Å². The van der Waals surface area contributed by atoms with E-state index in [1.807, 2.05) is 6.07 Å². The highest BCUT2D eigenvalue weighted by molar-refractivity contribution is 6.02. The zero-order valence-corrected chi connectivity index (χ0v) is 16.2. The van der Waals surface area contributed by atoms with Gasteiger partial charge in [0, 0.05) is 56.9 Å². The number of piperidine rings is 1. The fourth-order valence-corrected chi connectivity index (χ4v) is 4.13. The van der Waals surface area contributed by atoms with Crippen LogP contribution in [0.3, 0.4) is 0 Å². The predicted octanol–water partition coefficient (Wildman–Crippen LogP) is 2.47. The summed E-state index contributed by atoms with van der Waals surface area (Å²) < 4.78 is 19.1. The van der Waals surface area contributed by atoms with E-state index in [1.165, 1.54) is 12.1 Å². The molecule has 150 valence electrons. The number of hydrogen-bond donors (Lipinski definition) is 2. The van der Waals surface area contributed by atoms with E-state index in [1.54, 1.807) is 13.1 Å². The molecule has 6 nitrogen and oxygen atoms in total. The molecule has 0 spiro atoms. The Hall–Kier alpha value is -2.25. The number of anilines is 1. The number of halogens is 1. The predicted molar refractivity (Wildman–Crippen MR) is 107 cm³/mol. The van der Waals surface area contributed by atoms with Gasteiger partial charge in [0.2, 0.25) is 0 Å². The molecule has 0 atom stereocenters. The summed E-state index contributed by atoms with van der Waals surface area (Å²) in [5.74, 6) is 0.149. The Morgan fingerprint density at radius 3 is 2.57 bits per heavy atom. The molecule has 1 aromatic heterocycles. The Morgan fingerprint density at radius 2 is 1.86 bits per heavy atom. The number of nitrogens with one attached hydrogen (secondary N) is 2. The molecule has 0 radical (unpaired) electrons. The van der Waals surface area contributed by atoms with E-state index in [4.69, 9.17) is 4.74 Å². The lowest BCUT2D eigenvalue weighted by Gasteiger charge is -2.36. The lowest BCUT2D eigenvalue weighted by Crippen LogP contribution is -2.48. The molecule has 4 rings (SSSR count). The molecular formula is C21H27FN4O2. The summed E-state index contributed by atoms with van der Waals surface area (Å²) in [5, 5.41) is 7.22. The summed E-state index contributed by atoms with van der Waals surface area (Å²) >= 11 is 0. The molecule has 7 heteroatoms. The number of rotatable bonds is 4. The molecule has 2 aromatic rings. The van der Waals surface area contributed by atoms with Gasteiger partial charge in [-0.25, -0.2) is 9.37 Å². The summed E-state index contributed by atoms with van der Waals surface area (Å²) in [7, 11) is 1.62. The number of nitrogens with zero attached hydrogens (tertiary/aromatic N) is 2. The van der Waals surface area contributed by atoms with Gasteiger partial charge in [0.25, 0.3) is 5.91 Å². The molecule has 1 aromatic carbocycles. The topological polar surface area (TPSA) is 66.5 Å². The number of amides is 1. The van der Waals surface area contributed by atoms with E-state index in [9.17, 15) is 9.18 Å². The largest absolute Gasteiger partial charge is 0.381 e. The maximum absolute atomic E-state index is 13.7. The first-order chi connectivity index (χ1) is 13.6. The number of aromatic nitrogens is 1. The Morgan fingerprint density at radius 1 is 1.14 bits per heavy atom. The highest BCUT2D eigenvalue weighted by atomic mass is 19.1. The van der Waals surface area contributed by atoms with Gasteiger partial charge < -0.3 is 20.3 Å². The van der Waals surface area contributed by atoms with E-state index < -0.39 is 0 Å². The van der Waals surface area contributed by atoms with Crippen LogP contribution in [0, 0.1) is 5.82 Å². The molecule has 0 bridgehead atoms. The fourth-order valence-electron chi connectivity index (χ4n) is 4.13. The van der Waals surface area contributed by atoms with Crippen molar-refractivity contribution in [3.05, 3.63) is 35.6 Å². The van der Waals surface area contributed by atoms with Gasteiger partial charge in [-0.3, -0.25) is 4.79 Å². The first-order valence-corrected chi connectivity index (χ1v) is 10.0. The molecule has 0 saturated carbocycles. The highest BCUT2D eigenvalue weighted by Crippen LogP contribution is 2.27. The number of hydrogen-bond acceptors (Lipinski definition) is 5. The minimum atomic E-state index is -0.321. The number of carbonyl (C=O) groups excluding carboxylic acids is 1. The third-order valence-electron chi connectivity index (χ3n) is 5.72. The van der Waals surface area contributed by atoms with Crippen molar-refractivity contribution < 1.29 is 13.9 Å². The van der Waals surface area contributed by atoms with Crippen molar-refractivity contribution in [1.29, 1.82) is 0 Å². The van der Waals surface area contributed by atoms with Crippen LogP contribution >= 0.6 is 0 Å². The number of pyridine rings is 1. The van der Waals surface area contributed by atoms with Gasteiger partial charge in [-0.2, -0.15) is 0 Å². The Balaban J connectivity index is 1.52. The average molecular weight is 386 g/mol. The molecule has 1 amide bonds. The molecule has 2 N–H and O–H groups in total. The van der Waals surface area contributed by atoms with Crippen molar-refractivity contribution in [2.45, 2.75) is 37.8 Å². The van der Waals surface area contributed by atoms with Crippen LogP contribution in [-0.4, -0.2) is 56.3 Å². The summed E-state index contributed by atoms with van der Waals surface area (Å²) in [6.45, 7) is 3.31.